The number of hydrogen-bond donors (Lipinski definition) is 2. The van der Waals surface area contributed by atoms with Crippen LogP contribution in [0.5, 0.6) is 5.75 Å². The summed E-state index contributed by atoms with van der Waals surface area (Å²) in [7, 11) is 0. The Morgan fingerprint density at radius 2 is 2.08 bits per heavy atom. The van der Waals surface area contributed by atoms with E-state index in [9.17, 15) is 9.59 Å². The van der Waals surface area contributed by atoms with Crippen LogP contribution in [0.1, 0.15) is 12.0 Å². The van der Waals surface area contributed by atoms with Crippen LogP contribution in [0.2, 0.25) is 0 Å². The van der Waals surface area contributed by atoms with Gasteiger partial charge in [0.15, 0.2) is 0 Å². The van der Waals surface area contributed by atoms with E-state index in [0.29, 0.717) is 25.3 Å². The lowest BCUT2D eigenvalue weighted by Crippen LogP contribution is -2.38. The molecule has 0 bridgehead atoms. The number of benzene rings is 1. The molecule has 24 heavy (non-hydrogen) atoms. The van der Waals surface area contributed by atoms with Crippen molar-refractivity contribution in [2.24, 2.45) is 5.92 Å². The number of hydrogen-bond acceptors (Lipinski definition) is 4. The number of rotatable bonds is 5. The molecule has 3 rings (SSSR count). The van der Waals surface area contributed by atoms with Gasteiger partial charge in [0.25, 0.3) is 0 Å². The molecule has 1 aliphatic rings. The molecule has 1 aromatic carbocycles. The zero-order valence-corrected chi connectivity index (χ0v) is 13.2. The number of para-hydroxylation sites is 1. The summed E-state index contributed by atoms with van der Waals surface area (Å²) in [6, 6.07) is 11.2. The Labute approximate surface area is 140 Å². The number of nitrogens with one attached hydrogen (secondary N) is 2. The molecule has 0 fully saturated rings. The van der Waals surface area contributed by atoms with E-state index in [0.717, 1.165) is 11.3 Å². The van der Waals surface area contributed by atoms with Gasteiger partial charge in [-0.15, -0.1) is 0 Å². The lowest BCUT2D eigenvalue weighted by molar-refractivity contribution is -0.126. The van der Waals surface area contributed by atoms with Crippen molar-refractivity contribution in [1.29, 1.82) is 0 Å². The first kappa shape index (κ1) is 16.0. The minimum Gasteiger partial charge on any atom is -0.492 e. The highest BCUT2D eigenvalue weighted by atomic mass is 16.5. The van der Waals surface area contributed by atoms with Crippen LogP contribution in [-0.4, -0.2) is 29.9 Å². The van der Waals surface area contributed by atoms with E-state index in [1.807, 2.05) is 24.3 Å². The van der Waals surface area contributed by atoms with Gasteiger partial charge in [-0.05, 0) is 30.2 Å². The average molecular weight is 325 g/mol. The van der Waals surface area contributed by atoms with E-state index in [1.54, 1.807) is 24.5 Å². The summed E-state index contributed by atoms with van der Waals surface area (Å²) in [5, 5.41) is 5.54. The number of pyridine rings is 1. The summed E-state index contributed by atoms with van der Waals surface area (Å²) in [6.45, 7) is 0.661. The van der Waals surface area contributed by atoms with Crippen LogP contribution in [0, 0.1) is 5.92 Å². The van der Waals surface area contributed by atoms with Crippen molar-refractivity contribution in [2.75, 3.05) is 18.5 Å². The van der Waals surface area contributed by atoms with Crippen molar-refractivity contribution in [3.05, 3.63) is 54.4 Å². The molecule has 0 radical (unpaired) electrons. The number of amides is 2. The minimum absolute atomic E-state index is 0.0846. The fourth-order valence-electron chi connectivity index (χ4n) is 2.60. The van der Waals surface area contributed by atoms with Crippen LogP contribution in [0.3, 0.4) is 0 Å². The average Bonchev–Trinajstić information content (AvgIpc) is 2.62. The number of carbonyl (C=O) groups excluding carboxylic acids is 2. The van der Waals surface area contributed by atoms with Gasteiger partial charge in [0.1, 0.15) is 12.4 Å². The van der Waals surface area contributed by atoms with E-state index in [-0.39, 0.29) is 24.2 Å². The second-order valence-corrected chi connectivity index (χ2v) is 5.65. The molecule has 2 heterocycles. The second-order valence-electron chi connectivity index (χ2n) is 5.65. The lowest BCUT2D eigenvalue weighted by atomic mass is 9.96. The highest BCUT2D eigenvalue weighted by Gasteiger charge is 2.25. The second kappa shape index (κ2) is 7.59. The molecule has 0 spiro atoms. The molecule has 6 nitrogen and oxygen atoms in total. The summed E-state index contributed by atoms with van der Waals surface area (Å²) in [5.41, 5.74) is 1.68. The molecular weight excluding hydrogens is 306 g/mol. The first-order chi connectivity index (χ1) is 11.7. The standard InChI is InChI=1S/C18H19N3O3/c22-17(21-15-5-3-8-19-11-15)7-9-20-18(23)14-10-13-4-1-2-6-16(13)24-12-14/h1-6,8,11,14H,7,9-10,12H2,(H,20,23)(H,21,22). The summed E-state index contributed by atoms with van der Waals surface area (Å²) in [6.07, 6.45) is 4.09. The third-order valence-corrected chi connectivity index (χ3v) is 3.85. The first-order valence-corrected chi connectivity index (χ1v) is 7.90. The molecule has 2 N–H and O–H groups in total. The van der Waals surface area contributed by atoms with Gasteiger partial charge in [0.05, 0.1) is 17.8 Å². The normalized spacial score (nSPS) is 15.8. The molecular formula is C18H19N3O3. The zero-order valence-electron chi connectivity index (χ0n) is 13.2. The molecule has 2 amide bonds. The summed E-state index contributed by atoms with van der Waals surface area (Å²) >= 11 is 0. The SMILES string of the molecule is O=C(CCNC(=O)C1COc2ccccc2C1)Nc1cccnc1. The molecule has 1 unspecified atom stereocenters. The number of fused-ring (bicyclic) bond motifs is 1. The molecule has 0 saturated carbocycles. The monoisotopic (exact) mass is 325 g/mol. The third kappa shape index (κ3) is 4.10. The molecule has 124 valence electrons. The smallest absolute Gasteiger partial charge is 0.226 e. The van der Waals surface area contributed by atoms with Crippen molar-refractivity contribution in [2.45, 2.75) is 12.8 Å². The summed E-state index contributed by atoms with van der Waals surface area (Å²) in [4.78, 5) is 28.0. The summed E-state index contributed by atoms with van der Waals surface area (Å²) < 4.78 is 5.62. The van der Waals surface area contributed by atoms with Gasteiger partial charge >= 0.3 is 0 Å². The van der Waals surface area contributed by atoms with Gasteiger partial charge in [0.2, 0.25) is 11.8 Å². The number of carbonyl (C=O) groups is 2. The number of aromatic nitrogens is 1. The Morgan fingerprint density at radius 1 is 1.21 bits per heavy atom. The van der Waals surface area contributed by atoms with Crippen LogP contribution < -0.4 is 15.4 Å². The van der Waals surface area contributed by atoms with Crippen LogP contribution in [0.15, 0.2) is 48.8 Å². The van der Waals surface area contributed by atoms with E-state index >= 15 is 0 Å². The maximum Gasteiger partial charge on any atom is 0.226 e. The first-order valence-electron chi connectivity index (χ1n) is 7.90. The molecule has 1 aromatic heterocycles. The molecule has 1 aliphatic heterocycles. The fraction of sp³-hybridized carbons (Fsp3) is 0.278. The van der Waals surface area contributed by atoms with Crippen LogP contribution in [-0.2, 0) is 16.0 Å². The molecule has 0 aliphatic carbocycles. The van der Waals surface area contributed by atoms with E-state index < -0.39 is 0 Å². The molecule has 6 heteroatoms. The van der Waals surface area contributed by atoms with Gasteiger partial charge in [-0.1, -0.05) is 18.2 Å². The Kier molecular flexibility index (Phi) is 5.05. The van der Waals surface area contributed by atoms with Crippen molar-refractivity contribution in [1.82, 2.24) is 10.3 Å². The number of anilines is 1. The summed E-state index contributed by atoms with van der Waals surface area (Å²) in [5.74, 6) is 0.380. The van der Waals surface area contributed by atoms with Crippen LogP contribution in [0.4, 0.5) is 5.69 Å². The minimum atomic E-state index is -0.221. The largest absolute Gasteiger partial charge is 0.492 e. The Hall–Kier alpha value is -2.89. The van der Waals surface area contributed by atoms with Crippen molar-refractivity contribution >= 4 is 17.5 Å². The van der Waals surface area contributed by atoms with Gasteiger partial charge in [-0.25, -0.2) is 0 Å². The van der Waals surface area contributed by atoms with Gasteiger partial charge in [-0.2, -0.15) is 0 Å². The van der Waals surface area contributed by atoms with Crippen molar-refractivity contribution in [3.8, 4) is 5.75 Å². The Bertz CT molecular complexity index is 718. The maximum absolute atomic E-state index is 12.2. The zero-order chi connectivity index (χ0) is 16.8. The topological polar surface area (TPSA) is 80.3 Å². The van der Waals surface area contributed by atoms with Crippen molar-refractivity contribution < 1.29 is 14.3 Å². The molecule has 1 atom stereocenters. The maximum atomic E-state index is 12.2. The van der Waals surface area contributed by atoms with Gasteiger partial charge in [-0.3, -0.25) is 14.6 Å². The highest BCUT2D eigenvalue weighted by molar-refractivity contribution is 5.91. The van der Waals surface area contributed by atoms with Crippen LogP contribution >= 0.6 is 0 Å². The Balaban J connectivity index is 1.42. The highest BCUT2D eigenvalue weighted by Crippen LogP contribution is 2.26. The van der Waals surface area contributed by atoms with E-state index in [4.69, 9.17) is 4.74 Å². The molecule has 0 saturated heterocycles. The molecule has 2 aromatic rings. The van der Waals surface area contributed by atoms with Gasteiger partial charge < -0.3 is 15.4 Å². The quantitative estimate of drug-likeness (QED) is 0.878. The predicted molar refractivity (Wildman–Crippen MR) is 89.6 cm³/mol. The van der Waals surface area contributed by atoms with E-state index in [2.05, 4.69) is 15.6 Å². The predicted octanol–water partition coefficient (Wildman–Crippen LogP) is 1.78. The lowest BCUT2D eigenvalue weighted by Gasteiger charge is -2.24. The fourth-order valence-corrected chi connectivity index (χ4v) is 2.60. The van der Waals surface area contributed by atoms with E-state index in [1.165, 1.54) is 0 Å². The van der Waals surface area contributed by atoms with Gasteiger partial charge in [0, 0.05) is 19.2 Å². The Morgan fingerprint density at radius 3 is 2.92 bits per heavy atom. The van der Waals surface area contributed by atoms with Crippen LogP contribution in [0.25, 0.3) is 0 Å². The number of ether oxygens (including phenoxy) is 1. The third-order valence-electron chi connectivity index (χ3n) is 3.85. The van der Waals surface area contributed by atoms with Crippen molar-refractivity contribution in [3.63, 3.8) is 0 Å². The number of nitrogens with zero attached hydrogens (tertiary/aromatic N) is 1.